The number of hydrogen-bond acceptors (Lipinski definition) is 4. The highest BCUT2D eigenvalue weighted by Gasteiger charge is 2.34. The van der Waals surface area contributed by atoms with Crippen molar-refractivity contribution in [2.45, 2.75) is 65.0 Å². The van der Waals surface area contributed by atoms with Gasteiger partial charge in [0.25, 0.3) is 0 Å². The fraction of sp³-hybridized carbons (Fsp3) is 0.545. The van der Waals surface area contributed by atoms with E-state index in [-0.39, 0.29) is 12.1 Å². The van der Waals surface area contributed by atoms with Crippen LogP contribution >= 0.6 is 12.2 Å². The lowest BCUT2D eigenvalue weighted by Gasteiger charge is -2.32. The predicted molar refractivity (Wildman–Crippen MR) is 114 cm³/mol. The Balaban J connectivity index is 1.88. The zero-order valence-corrected chi connectivity index (χ0v) is 17.7. The average Bonchev–Trinajstić information content (AvgIpc) is 2.66. The van der Waals surface area contributed by atoms with Gasteiger partial charge in [0.05, 0.1) is 18.2 Å². The molecular weight excluding hydrogens is 372 g/mol. The van der Waals surface area contributed by atoms with Crippen molar-refractivity contribution < 1.29 is 14.3 Å². The van der Waals surface area contributed by atoms with Crippen LogP contribution in [0.2, 0.25) is 0 Å². The first-order valence-corrected chi connectivity index (χ1v) is 10.6. The topological polar surface area (TPSA) is 59.6 Å². The van der Waals surface area contributed by atoms with Gasteiger partial charge in [-0.25, -0.2) is 4.79 Å². The number of thiocarbonyl (C=S) groups is 1. The van der Waals surface area contributed by atoms with Crippen molar-refractivity contribution >= 4 is 23.3 Å². The van der Waals surface area contributed by atoms with Crippen LogP contribution in [0, 0.1) is 5.92 Å². The first-order chi connectivity index (χ1) is 13.5. The summed E-state index contributed by atoms with van der Waals surface area (Å²) in [5.74, 6) is 1.07. The standard InChI is InChI=1S/C22H30N2O3S/c1-4-12-26-18-11-6-5-10-17(18)20-19(15(3)23-22(28)24-20)21(25)27-16-9-7-8-14(2)13-16/h5-6,10-11,14,16,20H,4,7-9,12-13H2,1-3H3,(H2,23,24,28)/t14-,16-,20+/m0/s1. The third kappa shape index (κ3) is 4.85. The van der Waals surface area contributed by atoms with E-state index in [4.69, 9.17) is 21.7 Å². The van der Waals surface area contributed by atoms with Crippen molar-refractivity contribution in [2.24, 2.45) is 5.92 Å². The molecule has 1 aliphatic heterocycles. The van der Waals surface area contributed by atoms with E-state index in [1.54, 1.807) is 0 Å². The molecule has 1 aromatic rings. The molecule has 2 N–H and O–H groups in total. The van der Waals surface area contributed by atoms with Gasteiger partial charge in [-0.05, 0) is 56.8 Å². The third-order valence-corrected chi connectivity index (χ3v) is 5.56. The molecule has 0 spiro atoms. The smallest absolute Gasteiger partial charge is 0.338 e. The van der Waals surface area contributed by atoms with Gasteiger partial charge < -0.3 is 20.1 Å². The molecule has 0 amide bonds. The Morgan fingerprint density at radius 2 is 2.07 bits per heavy atom. The molecule has 28 heavy (non-hydrogen) atoms. The lowest BCUT2D eigenvalue weighted by molar-refractivity contribution is -0.146. The Hall–Kier alpha value is -2.08. The second-order valence-electron chi connectivity index (χ2n) is 7.76. The van der Waals surface area contributed by atoms with Crippen LogP contribution < -0.4 is 15.4 Å². The molecule has 3 rings (SSSR count). The van der Waals surface area contributed by atoms with E-state index in [0.29, 0.717) is 23.2 Å². The number of nitrogens with one attached hydrogen (secondary N) is 2. The molecule has 1 fully saturated rings. The summed E-state index contributed by atoms with van der Waals surface area (Å²) in [7, 11) is 0. The van der Waals surface area contributed by atoms with E-state index in [2.05, 4.69) is 24.5 Å². The van der Waals surface area contributed by atoms with E-state index in [1.165, 1.54) is 6.42 Å². The molecule has 1 aliphatic carbocycles. The van der Waals surface area contributed by atoms with Crippen molar-refractivity contribution in [3.05, 3.63) is 41.1 Å². The summed E-state index contributed by atoms with van der Waals surface area (Å²) in [6.45, 7) is 6.78. The van der Waals surface area contributed by atoms with E-state index < -0.39 is 6.04 Å². The Bertz CT molecular complexity index is 762. The Labute approximate surface area is 172 Å². The van der Waals surface area contributed by atoms with Crippen LogP contribution in [0.5, 0.6) is 5.75 Å². The molecule has 3 atom stereocenters. The minimum Gasteiger partial charge on any atom is -0.493 e. The van der Waals surface area contributed by atoms with Gasteiger partial charge in [0.2, 0.25) is 0 Å². The monoisotopic (exact) mass is 402 g/mol. The van der Waals surface area contributed by atoms with E-state index >= 15 is 0 Å². The molecule has 0 bridgehead atoms. The molecule has 0 aromatic heterocycles. The maximum absolute atomic E-state index is 13.2. The molecule has 1 saturated carbocycles. The normalized spacial score (nSPS) is 25.0. The quantitative estimate of drug-likeness (QED) is 0.544. The molecule has 2 aliphatic rings. The molecular formula is C22H30N2O3S. The Morgan fingerprint density at radius 3 is 2.82 bits per heavy atom. The number of carbonyl (C=O) groups excluding carboxylic acids is 1. The van der Waals surface area contributed by atoms with Crippen LogP contribution in [-0.2, 0) is 9.53 Å². The Morgan fingerprint density at radius 1 is 1.29 bits per heavy atom. The van der Waals surface area contributed by atoms with Crippen LogP contribution in [0.1, 0.15) is 64.5 Å². The maximum Gasteiger partial charge on any atom is 0.338 e. The summed E-state index contributed by atoms with van der Waals surface area (Å²) >= 11 is 5.36. The zero-order chi connectivity index (χ0) is 20.1. The summed E-state index contributed by atoms with van der Waals surface area (Å²) in [5.41, 5.74) is 2.19. The summed E-state index contributed by atoms with van der Waals surface area (Å²) in [5, 5.41) is 6.81. The highest BCUT2D eigenvalue weighted by Crippen LogP contribution is 2.35. The number of hydrogen-bond donors (Lipinski definition) is 2. The minimum absolute atomic E-state index is 0.0161. The maximum atomic E-state index is 13.2. The van der Waals surface area contributed by atoms with Crippen LogP contribution in [0.25, 0.3) is 0 Å². The minimum atomic E-state index is -0.393. The molecule has 152 valence electrons. The summed E-state index contributed by atoms with van der Waals surface area (Å²) in [4.78, 5) is 13.2. The molecule has 6 heteroatoms. The van der Waals surface area contributed by atoms with Crippen LogP contribution in [0.3, 0.4) is 0 Å². The number of esters is 1. The molecule has 1 aromatic carbocycles. The predicted octanol–water partition coefficient (Wildman–Crippen LogP) is 4.39. The number of allylic oxidation sites excluding steroid dienone is 1. The second kappa shape index (κ2) is 9.41. The largest absolute Gasteiger partial charge is 0.493 e. The third-order valence-electron chi connectivity index (χ3n) is 5.34. The van der Waals surface area contributed by atoms with Crippen molar-refractivity contribution in [2.75, 3.05) is 6.61 Å². The molecule has 0 saturated heterocycles. The van der Waals surface area contributed by atoms with Gasteiger partial charge >= 0.3 is 5.97 Å². The van der Waals surface area contributed by atoms with Gasteiger partial charge in [-0.3, -0.25) is 0 Å². The van der Waals surface area contributed by atoms with E-state index in [0.717, 1.165) is 42.7 Å². The molecule has 0 unspecified atom stereocenters. The number of rotatable bonds is 6. The first-order valence-electron chi connectivity index (χ1n) is 10.2. The average molecular weight is 403 g/mol. The van der Waals surface area contributed by atoms with Gasteiger partial charge in [-0.15, -0.1) is 0 Å². The molecule has 1 heterocycles. The fourth-order valence-electron chi connectivity index (χ4n) is 3.96. The van der Waals surface area contributed by atoms with Gasteiger partial charge in [-0.2, -0.15) is 0 Å². The lowest BCUT2D eigenvalue weighted by atomic mass is 9.88. The highest BCUT2D eigenvalue weighted by molar-refractivity contribution is 7.80. The van der Waals surface area contributed by atoms with E-state index in [1.807, 2.05) is 31.2 Å². The summed E-state index contributed by atoms with van der Waals surface area (Å²) in [6.07, 6.45) is 5.07. The van der Waals surface area contributed by atoms with Crippen LogP contribution in [0.15, 0.2) is 35.5 Å². The van der Waals surface area contributed by atoms with Crippen molar-refractivity contribution in [1.82, 2.24) is 10.6 Å². The van der Waals surface area contributed by atoms with Crippen LogP contribution in [-0.4, -0.2) is 23.8 Å². The summed E-state index contributed by atoms with van der Waals surface area (Å²) in [6, 6.07) is 7.39. The fourth-order valence-corrected chi connectivity index (χ4v) is 4.23. The van der Waals surface area contributed by atoms with Crippen LogP contribution in [0.4, 0.5) is 0 Å². The second-order valence-corrected chi connectivity index (χ2v) is 8.16. The van der Waals surface area contributed by atoms with Crippen molar-refractivity contribution in [3.8, 4) is 5.75 Å². The zero-order valence-electron chi connectivity index (χ0n) is 16.9. The number of ether oxygens (including phenoxy) is 2. The highest BCUT2D eigenvalue weighted by atomic mass is 32.1. The molecule has 0 radical (unpaired) electrons. The van der Waals surface area contributed by atoms with Gasteiger partial charge in [0.1, 0.15) is 11.9 Å². The van der Waals surface area contributed by atoms with Gasteiger partial charge in [0.15, 0.2) is 5.11 Å². The SMILES string of the molecule is CCCOc1ccccc1[C@H]1NC(=S)NC(C)=C1C(=O)O[C@H]1CCC[C@H](C)C1. The van der Waals surface area contributed by atoms with Crippen molar-refractivity contribution in [3.63, 3.8) is 0 Å². The summed E-state index contributed by atoms with van der Waals surface area (Å²) < 4.78 is 11.8. The number of carbonyl (C=O) groups is 1. The number of para-hydroxylation sites is 1. The van der Waals surface area contributed by atoms with Gasteiger partial charge in [0, 0.05) is 11.3 Å². The van der Waals surface area contributed by atoms with Gasteiger partial charge in [-0.1, -0.05) is 38.5 Å². The Kier molecular flexibility index (Phi) is 6.94. The van der Waals surface area contributed by atoms with Crippen molar-refractivity contribution in [1.29, 1.82) is 0 Å². The van der Waals surface area contributed by atoms with E-state index in [9.17, 15) is 4.79 Å². The number of benzene rings is 1. The molecule has 5 nitrogen and oxygen atoms in total. The lowest BCUT2D eigenvalue weighted by Crippen LogP contribution is -2.45. The first kappa shape index (κ1) is 20.6.